The third-order valence-corrected chi connectivity index (χ3v) is 4.38. The van der Waals surface area contributed by atoms with Crippen LogP contribution >= 0.6 is 0 Å². The van der Waals surface area contributed by atoms with Crippen LogP contribution < -0.4 is 11.1 Å². The molecule has 1 amide bonds. The highest BCUT2D eigenvalue weighted by atomic mass is 16.1. The summed E-state index contributed by atoms with van der Waals surface area (Å²) >= 11 is 0. The summed E-state index contributed by atoms with van der Waals surface area (Å²) in [5, 5.41) is 7.32. The Kier molecular flexibility index (Phi) is 4.53. The van der Waals surface area contributed by atoms with Gasteiger partial charge in [-0.1, -0.05) is 18.6 Å². The van der Waals surface area contributed by atoms with Crippen molar-refractivity contribution in [1.82, 2.24) is 15.1 Å². The molecule has 0 radical (unpaired) electrons. The molecule has 5 heteroatoms. The van der Waals surface area contributed by atoms with Gasteiger partial charge in [0.05, 0.1) is 12.1 Å². The Balaban J connectivity index is 1.57. The van der Waals surface area contributed by atoms with Crippen LogP contribution in [0.1, 0.15) is 24.8 Å². The van der Waals surface area contributed by atoms with Crippen molar-refractivity contribution in [2.45, 2.75) is 31.7 Å². The van der Waals surface area contributed by atoms with Crippen LogP contribution in [0.5, 0.6) is 0 Å². The van der Waals surface area contributed by atoms with Gasteiger partial charge in [0.15, 0.2) is 0 Å². The predicted octanol–water partition coefficient (Wildman–Crippen LogP) is 1.66. The molecule has 1 aliphatic rings. The maximum atomic E-state index is 12.2. The van der Waals surface area contributed by atoms with E-state index < -0.39 is 0 Å². The number of hydrogen-bond donors (Lipinski definition) is 2. The summed E-state index contributed by atoms with van der Waals surface area (Å²) in [7, 11) is 0. The Morgan fingerprint density at radius 1 is 1.32 bits per heavy atom. The first-order valence-corrected chi connectivity index (χ1v) is 7.84. The van der Waals surface area contributed by atoms with E-state index in [2.05, 4.69) is 10.4 Å². The Hall–Kier alpha value is -2.14. The average molecular weight is 298 g/mol. The van der Waals surface area contributed by atoms with E-state index in [0.29, 0.717) is 18.9 Å². The van der Waals surface area contributed by atoms with Gasteiger partial charge in [0, 0.05) is 18.4 Å². The lowest BCUT2D eigenvalue weighted by molar-refractivity contribution is -0.121. The number of carbonyl (C=O) groups is 1. The Morgan fingerprint density at radius 2 is 2.14 bits per heavy atom. The summed E-state index contributed by atoms with van der Waals surface area (Å²) in [5.74, 6) is 0.517. The fraction of sp³-hybridized carbons (Fsp3) is 0.412. The summed E-state index contributed by atoms with van der Waals surface area (Å²) < 4.78 is 1.80. The Labute approximate surface area is 130 Å². The Morgan fingerprint density at radius 3 is 2.82 bits per heavy atom. The van der Waals surface area contributed by atoms with E-state index in [0.717, 1.165) is 30.5 Å². The minimum Gasteiger partial charge on any atom is -0.353 e. The highest BCUT2D eigenvalue weighted by molar-refractivity contribution is 5.79. The van der Waals surface area contributed by atoms with Crippen LogP contribution in [0.3, 0.4) is 0 Å². The number of benzene rings is 1. The zero-order valence-electron chi connectivity index (χ0n) is 12.6. The fourth-order valence-electron chi connectivity index (χ4n) is 3.14. The second-order valence-electron chi connectivity index (χ2n) is 5.89. The molecule has 1 aromatic carbocycles. The molecule has 0 spiro atoms. The number of aromatic nitrogens is 2. The summed E-state index contributed by atoms with van der Waals surface area (Å²) in [6, 6.07) is 10.1. The molecule has 2 aromatic rings. The van der Waals surface area contributed by atoms with Gasteiger partial charge in [-0.15, -0.1) is 0 Å². The summed E-state index contributed by atoms with van der Waals surface area (Å²) in [5.41, 5.74) is 7.76. The molecule has 1 aliphatic carbocycles. The highest BCUT2D eigenvalue weighted by Gasteiger charge is 2.27. The zero-order valence-corrected chi connectivity index (χ0v) is 12.6. The van der Waals surface area contributed by atoms with Crippen LogP contribution in [-0.2, 0) is 11.2 Å². The SMILES string of the molecule is NCC1CCCC1NC(=O)Cc1ccc(-n2cccn2)cc1. The average Bonchev–Trinajstić information content (AvgIpc) is 3.19. The van der Waals surface area contributed by atoms with E-state index in [1.165, 1.54) is 0 Å². The van der Waals surface area contributed by atoms with Crippen molar-refractivity contribution in [3.05, 3.63) is 48.3 Å². The van der Waals surface area contributed by atoms with Crippen molar-refractivity contribution in [3.63, 3.8) is 0 Å². The smallest absolute Gasteiger partial charge is 0.224 e. The normalized spacial score (nSPS) is 21.0. The molecule has 0 bridgehead atoms. The lowest BCUT2D eigenvalue weighted by Crippen LogP contribution is -2.40. The number of amides is 1. The van der Waals surface area contributed by atoms with E-state index >= 15 is 0 Å². The molecule has 2 unspecified atom stereocenters. The molecule has 1 heterocycles. The minimum absolute atomic E-state index is 0.0807. The lowest BCUT2D eigenvalue weighted by Gasteiger charge is -2.19. The van der Waals surface area contributed by atoms with Crippen molar-refractivity contribution in [2.75, 3.05) is 6.54 Å². The quantitative estimate of drug-likeness (QED) is 0.881. The topological polar surface area (TPSA) is 72.9 Å². The molecule has 2 atom stereocenters. The van der Waals surface area contributed by atoms with Gasteiger partial charge in [-0.3, -0.25) is 4.79 Å². The highest BCUT2D eigenvalue weighted by Crippen LogP contribution is 2.24. The second-order valence-corrected chi connectivity index (χ2v) is 5.89. The summed E-state index contributed by atoms with van der Waals surface area (Å²) in [6.07, 6.45) is 7.38. The molecule has 0 aliphatic heterocycles. The van der Waals surface area contributed by atoms with Gasteiger partial charge >= 0.3 is 0 Å². The van der Waals surface area contributed by atoms with Crippen LogP contribution in [-0.4, -0.2) is 28.3 Å². The Bertz CT molecular complexity index is 606. The van der Waals surface area contributed by atoms with Crippen molar-refractivity contribution in [2.24, 2.45) is 11.7 Å². The maximum Gasteiger partial charge on any atom is 0.224 e. The van der Waals surface area contributed by atoms with E-state index in [4.69, 9.17) is 5.73 Å². The maximum absolute atomic E-state index is 12.2. The van der Waals surface area contributed by atoms with Crippen LogP contribution in [0.25, 0.3) is 5.69 Å². The molecule has 3 N–H and O–H groups in total. The molecular weight excluding hydrogens is 276 g/mol. The van der Waals surface area contributed by atoms with Gasteiger partial charge in [0.1, 0.15) is 0 Å². The van der Waals surface area contributed by atoms with Crippen molar-refractivity contribution in [1.29, 1.82) is 0 Å². The zero-order chi connectivity index (χ0) is 15.4. The van der Waals surface area contributed by atoms with Gasteiger partial charge in [0.25, 0.3) is 0 Å². The minimum atomic E-state index is 0.0807. The van der Waals surface area contributed by atoms with Crippen LogP contribution in [0.2, 0.25) is 0 Å². The molecule has 116 valence electrons. The number of nitrogens with one attached hydrogen (secondary N) is 1. The largest absolute Gasteiger partial charge is 0.353 e. The summed E-state index contributed by atoms with van der Waals surface area (Å²) in [4.78, 5) is 12.2. The fourth-order valence-corrected chi connectivity index (χ4v) is 3.14. The van der Waals surface area contributed by atoms with Crippen LogP contribution in [0.4, 0.5) is 0 Å². The number of hydrogen-bond acceptors (Lipinski definition) is 3. The van der Waals surface area contributed by atoms with E-state index in [1.807, 2.05) is 36.5 Å². The third kappa shape index (κ3) is 3.36. The standard InChI is InChI=1S/C17H22N4O/c18-12-14-3-1-4-16(14)20-17(22)11-13-5-7-15(8-6-13)21-10-2-9-19-21/h2,5-10,14,16H,1,3-4,11-12,18H2,(H,20,22). The van der Waals surface area contributed by atoms with Gasteiger partial charge in [-0.25, -0.2) is 4.68 Å². The molecule has 1 fully saturated rings. The lowest BCUT2D eigenvalue weighted by atomic mass is 10.0. The third-order valence-electron chi connectivity index (χ3n) is 4.38. The van der Waals surface area contributed by atoms with Gasteiger partial charge < -0.3 is 11.1 Å². The second kappa shape index (κ2) is 6.75. The first kappa shape index (κ1) is 14.8. The molecule has 0 saturated heterocycles. The monoisotopic (exact) mass is 298 g/mol. The molecular formula is C17H22N4O. The number of nitrogens with two attached hydrogens (primary N) is 1. The van der Waals surface area contributed by atoms with Crippen LogP contribution in [0, 0.1) is 5.92 Å². The predicted molar refractivity (Wildman–Crippen MR) is 85.6 cm³/mol. The van der Waals surface area contributed by atoms with E-state index in [9.17, 15) is 4.79 Å². The van der Waals surface area contributed by atoms with Gasteiger partial charge in [-0.05, 0) is 49.1 Å². The molecule has 3 rings (SSSR count). The number of nitrogens with zero attached hydrogens (tertiary/aromatic N) is 2. The number of rotatable bonds is 5. The van der Waals surface area contributed by atoms with Gasteiger partial charge in [0.2, 0.25) is 5.91 Å². The van der Waals surface area contributed by atoms with Crippen molar-refractivity contribution in [3.8, 4) is 5.69 Å². The molecule has 22 heavy (non-hydrogen) atoms. The molecule has 1 aromatic heterocycles. The van der Waals surface area contributed by atoms with Crippen molar-refractivity contribution < 1.29 is 4.79 Å². The van der Waals surface area contributed by atoms with E-state index in [1.54, 1.807) is 10.9 Å². The van der Waals surface area contributed by atoms with Crippen LogP contribution in [0.15, 0.2) is 42.7 Å². The first-order chi connectivity index (χ1) is 10.8. The van der Waals surface area contributed by atoms with Gasteiger partial charge in [-0.2, -0.15) is 5.10 Å². The van der Waals surface area contributed by atoms with Crippen molar-refractivity contribution >= 4 is 5.91 Å². The first-order valence-electron chi connectivity index (χ1n) is 7.84. The van der Waals surface area contributed by atoms with E-state index in [-0.39, 0.29) is 11.9 Å². The number of carbonyl (C=O) groups excluding carboxylic acids is 1. The molecule has 1 saturated carbocycles. The summed E-state index contributed by atoms with van der Waals surface area (Å²) in [6.45, 7) is 0.656. The molecule has 5 nitrogen and oxygen atoms in total.